The number of fused-ring (bicyclic) bond motifs is 1. The zero-order chi connectivity index (χ0) is 12.7. The average molecular weight is 330 g/mol. The van der Waals surface area contributed by atoms with Gasteiger partial charge in [0.1, 0.15) is 5.75 Å². The molecule has 0 amide bonds. The van der Waals surface area contributed by atoms with E-state index in [2.05, 4.69) is 35.0 Å². The molecule has 1 aliphatic heterocycles. The Morgan fingerprint density at radius 1 is 1.39 bits per heavy atom. The summed E-state index contributed by atoms with van der Waals surface area (Å²) in [5.74, 6) is 2.46. The van der Waals surface area contributed by atoms with Crippen LogP contribution >= 0.6 is 27.5 Å². The van der Waals surface area contributed by atoms with Gasteiger partial charge < -0.3 is 4.74 Å². The third-order valence-electron chi connectivity index (χ3n) is 4.43. The van der Waals surface area contributed by atoms with Crippen LogP contribution in [0.15, 0.2) is 16.6 Å². The number of rotatable bonds is 2. The summed E-state index contributed by atoms with van der Waals surface area (Å²) in [4.78, 5) is 0. The molecule has 3 unspecified atom stereocenters. The van der Waals surface area contributed by atoms with Crippen molar-refractivity contribution in [3.63, 3.8) is 0 Å². The first-order valence-electron chi connectivity index (χ1n) is 6.73. The average Bonchev–Trinajstić information content (AvgIpc) is 2.90. The Balaban J connectivity index is 1.85. The monoisotopic (exact) mass is 328 g/mol. The van der Waals surface area contributed by atoms with Crippen LogP contribution in [0.1, 0.15) is 30.9 Å². The van der Waals surface area contributed by atoms with Crippen molar-refractivity contribution in [3.05, 3.63) is 27.7 Å². The van der Waals surface area contributed by atoms with Gasteiger partial charge in [0.25, 0.3) is 0 Å². The number of hydrogen-bond acceptors (Lipinski definition) is 1. The van der Waals surface area contributed by atoms with E-state index in [4.69, 9.17) is 16.3 Å². The van der Waals surface area contributed by atoms with Crippen LogP contribution in [0.4, 0.5) is 0 Å². The highest BCUT2D eigenvalue weighted by Crippen LogP contribution is 2.41. The van der Waals surface area contributed by atoms with Gasteiger partial charge in [-0.25, -0.2) is 0 Å². The molecule has 0 saturated heterocycles. The van der Waals surface area contributed by atoms with Crippen molar-refractivity contribution < 1.29 is 4.74 Å². The van der Waals surface area contributed by atoms with E-state index < -0.39 is 0 Å². The van der Waals surface area contributed by atoms with Gasteiger partial charge in [0.05, 0.1) is 6.61 Å². The normalized spacial score (nSPS) is 30.3. The number of ether oxygens (including phenoxy) is 1. The Bertz CT molecular complexity index is 460. The lowest BCUT2D eigenvalue weighted by atomic mass is 9.90. The minimum atomic E-state index is 0.358. The molecule has 0 spiro atoms. The van der Waals surface area contributed by atoms with Crippen LogP contribution < -0.4 is 4.74 Å². The predicted octanol–water partition coefficient (Wildman–Crippen LogP) is 4.58. The van der Waals surface area contributed by atoms with Gasteiger partial charge in [0.15, 0.2) is 0 Å². The van der Waals surface area contributed by atoms with E-state index in [-0.39, 0.29) is 0 Å². The molecule has 1 aromatic rings. The molecule has 0 bridgehead atoms. The maximum absolute atomic E-state index is 6.33. The lowest BCUT2D eigenvalue weighted by molar-refractivity contribution is 0.346. The summed E-state index contributed by atoms with van der Waals surface area (Å²) in [5, 5.41) is 0.358. The molecule has 18 heavy (non-hydrogen) atoms. The highest BCUT2D eigenvalue weighted by molar-refractivity contribution is 9.10. The molecule has 1 saturated carbocycles. The molecular weight excluding hydrogens is 312 g/mol. The second-order valence-electron chi connectivity index (χ2n) is 5.57. The van der Waals surface area contributed by atoms with Crippen molar-refractivity contribution >= 4 is 27.5 Å². The van der Waals surface area contributed by atoms with Crippen LogP contribution in [-0.4, -0.2) is 12.0 Å². The van der Waals surface area contributed by atoms with Gasteiger partial charge in [-0.1, -0.05) is 22.9 Å². The second kappa shape index (κ2) is 5.05. The van der Waals surface area contributed by atoms with E-state index in [1.165, 1.54) is 22.0 Å². The van der Waals surface area contributed by atoms with Gasteiger partial charge in [0, 0.05) is 16.3 Å². The summed E-state index contributed by atoms with van der Waals surface area (Å²) in [7, 11) is 0. The van der Waals surface area contributed by atoms with Crippen LogP contribution in [0.2, 0.25) is 0 Å². The molecule has 3 rings (SSSR count). The summed E-state index contributed by atoms with van der Waals surface area (Å²) in [6.45, 7) is 3.12. The number of alkyl halides is 1. The lowest BCUT2D eigenvalue weighted by Crippen LogP contribution is -2.13. The standard InChI is InChI=1S/C15H18BrClO/c1-9-10(2-3-14(9)17)6-12-8-13(16)7-11-4-5-18-15(11)12/h7-10,14H,2-6H2,1H3. The zero-order valence-corrected chi connectivity index (χ0v) is 12.9. The first-order valence-corrected chi connectivity index (χ1v) is 7.96. The molecule has 98 valence electrons. The first-order chi connectivity index (χ1) is 8.65. The summed E-state index contributed by atoms with van der Waals surface area (Å²) < 4.78 is 6.98. The van der Waals surface area contributed by atoms with Crippen molar-refractivity contribution in [3.8, 4) is 5.75 Å². The van der Waals surface area contributed by atoms with Gasteiger partial charge in [-0.15, -0.1) is 11.6 Å². The highest BCUT2D eigenvalue weighted by Gasteiger charge is 2.32. The van der Waals surface area contributed by atoms with Gasteiger partial charge >= 0.3 is 0 Å². The van der Waals surface area contributed by atoms with E-state index in [0.717, 1.165) is 31.6 Å². The largest absolute Gasteiger partial charge is 0.493 e. The molecule has 0 radical (unpaired) electrons. The van der Waals surface area contributed by atoms with Crippen LogP contribution in [-0.2, 0) is 12.8 Å². The first kappa shape index (κ1) is 12.8. The number of halogens is 2. The summed E-state index contributed by atoms with van der Waals surface area (Å²) in [5.41, 5.74) is 2.71. The minimum absolute atomic E-state index is 0.358. The van der Waals surface area contributed by atoms with Crippen LogP contribution in [0, 0.1) is 11.8 Å². The molecule has 2 aliphatic rings. The van der Waals surface area contributed by atoms with E-state index in [1.807, 2.05) is 0 Å². The molecule has 1 heterocycles. The number of benzene rings is 1. The SMILES string of the molecule is CC1C(Cl)CCC1Cc1cc(Br)cc2c1OCC2. The second-order valence-corrected chi connectivity index (χ2v) is 7.04. The molecule has 1 fully saturated rings. The molecular formula is C15H18BrClO. The molecule has 0 N–H and O–H groups in total. The summed E-state index contributed by atoms with van der Waals surface area (Å²) in [6, 6.07) is 4.41. The maximum atomic E-state index is 6.33. The van der Waals surface area contributed by atoms with Gasteiger partial charge in [-0.3, -0.25) is 0 Å². The van der Waals surface area contributed by atoms with Crippen LogP contribution in [0.25, 0.3) is 0 Å². The summed E-state index contributed by atoms with van der Waals surface area (Å²) in [6.07, 6.45) is 4.55. The Hall–Kier alpha value is -0.210. The van der Waals surface area contributed by atoms with Crippen LogP contribution in [0.3, 0.4) is 0 Å². The van der Waals surface area contributed by atoms with Gasteiger partial charge in [-0.05, 0) is 54.4 Å². The van der Waals surface area contributed by atoms with Crippen molar-refractivity contribution in [1.82, 2.24) is 0 Å². The van der Waals surface area contributed by atoms with E-state index in [0.29, 0.717) is 17.2 Å². The van der Waals surface area contributed by atoms with Crippen molar-refractivity contribution in [2.75, 3.05) is 6.61 Å². The molecule has 3 heteroatoms. The molecule has 3 atom stereocenters. The fourth-order valence-corrected chi connectivity index (χ4v) is 4.15. The van der Waals surface area contributed by atoms with E-state index >= 15 is 0 Å². The van der Waals surface area contributed by atoms with Crippen molar-refractivity contribution in [1.29, 1.82) is 0 Å². The Kier molecular flexibility index (Phi) is 3.59. The lowest BCUT2D eigenvalue weighted by Gasteiger charge is -2.18. The topological polar surface area (TPSA) is 9.23 Å². The van der Waals surface area contributed by atoms with Gasteiger partial charge in [0.2, 0.25) is 0 Å². The zero-order valence-electron chi connectivity index (χ0n) is 10.6. The number of hydrogen-bond donors (Lipinski definition) is 0. The molecule has 1 aromatic carbocycles. The van der Waals surface area contributed by atoms with Crippen LogP contribution in [0.5, 0.6) is 5.75 Å². The third-order valence-corrected chi connectivity index (χ3v) is 5.51. The Labute approximate surface area is 122 Å². The van der Waals surface area contributed by atoms with Crippen molar-refractivity contribution in [2.45, 2.75) is 38.0 Å². The third kappa shape index (κ3) is 2.30. The van der Waals surface area contributed by atoms with E-state index in [9.17, 15) is 0 Å². The maximum Gasteiger partial charge on any atom is 0.125 e. The fourth-order valence-electron chi connectivity index (χ4n) is 3.26. The smallest absolute Gasteiger partial charge is 0.125 e. The Morgan fingerprint density at radius 3 is 2.94 bits per heavy atom. The molecule has 0 aromatic heterocycles. The Morgan fingerprint density at radius 2 is 2.22 bits per heavy atom. The van der Waals surface area contributed by atoms with E-state index in [1.54, 1.807) is 0 Å². The van der Waals surface area contributed by atoms with Gasteiger partial charge in [-0.2, -0.15) is 0 Å². The summed E-state index contributed by atoms with van der Waals surface area (Å²) >= 11 is 9.94. The molecule has 1 aliphatic carbocycles. The minimum Gasteiger partial charge on any atom is -0.493 e. The quantitative estimate of drug-likeness (QED) is 0.722. The predicted molar refractivity (Wildman–Crippen MR) is 78.6 cm³/mol. The highest BCUT2D eigenvalue weighted by atomic mass is 79.9. The fraction of sp³-hybridized carbons (Fsp3) is 0.600. The van der Waals surface area contributed by atoms with Crippen molar-refractivity contribution in [2.24, 2.45) is 11.8 Å². The molecule has 1 nitrogen and oxygen atoms in total.